The monoisotopic (exact) mass is 517 g/mol. The number of hydrogen-bond acceptors (Lipinski definition) is 4. The van der Waals surface area contributed by atoms with E-state index in [1.54, 1.807) is 11.3 Å². The summed E-state index contributed by atoms with van der Waals surface area (Å²) in [5, 5.41) is 4.49. The third-order valence-electron chi connectivity index (χ3n) is 7.12. The van der Waals surface area contributed by atoms with E-state index in [2.05, 4.69) is 53.6 Å². The van der Waals surface area contributed by atoms with E-state index in [-0.39, 0.29) is 5.92 Å². The van der Waals surface area contributed by atoms with Gasteiger partial charge in [0, 0.05) is 54.2 Å². The molecule has 2 atom stereocenters. The summed E-state index contributed by atoms with van der Waals surface area (Å²) >= 11 is 1.66. The van der Waals surface area contributed by atoms with Crippen molar-refractivity contribution >= 4 is 39.1 Å². The lowest BCUT2D eigenvalue weighted by atomic mass is 9.94. The normalized spacial score (nSPS) is 13.1. The van der Waals surface area contributed by atoms with Crippen LogP contribution in [-0.4, -0.2) is 20.3 Å². The second kappa shape index (κ2) is 12.4. The number of aromatic nitrogens is 3. The number of carbonyl (C=O) groups excluding carboxylic acids is 1. The Morgan fingerprint density at radius 1 is 1.14 bits per heavy atom. The molecule has 0 radical (unpaired) electrons. The van der Waals surface area contributed by atoms with Crippen LogP contribution in [0.25, 0.3) is 32.6 Å². The van der Waals surface area contributed by atoms with Gasteiger partial charge in [-0.3, -0.25) is 4.79 Å². The fourth-order valence-corrected chi connectivity index (χ4v) is 5.74. The number of nitrogens with one attached hydrogen (secondary N) is 1. The van der Waals surface area contributed by atoms with Gasteiger partial charge in [0.1, 0.15) is 23.0 Å². The number of ketones is 1. The minimum atomic E-state index is 0.113. The van der Waals surface area contributed by atoms with Crippen LogP contribution in [0, 0.1) is 11.8 Å². The highest BCUT2D eigenvalue weighted by Crippen LogP contribution is 2.33. The van der Waals surface area contributed by atoms with Crippen molar-refractivity contribution in [3.8, 4) is 10.6 Å². The highest BCUT2D eigenvalue weighted by atomic mass is 32.1. The fraction of sp³-hybridized carbons (Fsp3) is 0.419. The molecule has 0 aliphatic heterocycles. The molecule has 5 rings (SSSR count). The molecule has 0 saturated heterocycles. The van der Waals surface area contributed by atoms with Crippen molar-refractivity contribution in [2.75, 3.05) is 0 Å². The second-order valence-corrected chi connectivity index (χ2v) is 11.1. The molecule has 0 bridgehead atoms. The van der Waals surface area contributed by atoms with Crippen molar-refractivity contribution in [1.82, 2.24) is 14.5 Å². The molecule has 0 aromatic carbocycles. The molecule has 0 spiro atoms. The Hall–Kier alpha value is -3.12. The van der Waals surface area contributed by atoms with Crippen LogP contribution in [0.2, 0.25) is 0 Å². The van der Waals surface area contributed by atoms with Gasteiger partial charge in [0.2, 0.25) is 0 Å². The Bertz CT molecular complexity index is 1410. The zero-order valence-electron chi connectivity index (χ0n) is 22.7. The zero-order valence-corrected chi connectivity index (χ0v) is 23.5. The number of aryl methyl sites for hydroxylation is 1. The van der Waals surface area contributed by atoms with Crippen molar-refractivity contribution in [3.63, 3.8) is 0 Å². The summed E-state index contributed by atoms with van der Waals surface area (Å²) in [4.78, 5) is 20.3. The number of Topliss-reactive ketones (excluding diaryl/α,β-unsaturated/α-hetero) is 1. The van der Waals surface area contributed by atoms with Crippen molar-refractivity contribution < 1.29 is 9.21 Å². The van der Waals surface area contributed by atoms with Gasteiger partial charge in [-0.05, 0) is 54.5 Å². The second-order valence-electron chi connectivity index (χ2n) is 10.1. The van der Waals surface area contributed by atoms with Crippen molar-refractivity contribution in [2.24, 2.45) is 11.8 Å². The molecule has 6 heteroatoms. The number of hydrogen-bond donors (Lipinski definition) is 1. The van der Waals surface area contributed by atoms with Gasteiger partial charge >= 0.3 is 0 Å². The Morgan fingerprint density at radius 2 is 1.97 bits per heavy atom. The van der Waals surface area contributed by atoms with Gasteiger partial charge in [-0.25, -0.2) is 4.98 Å². The van der Waals surface area contributed by atoms with E-state index < -0.39 is 0 Å². The maximum atomic E-state index is 11.5. The highest BCUT2D eigenvalue weighted by molar-refractivity contribution is 7.13. The van der Waals surface area contributed by atoms with E-state index in [1.165, 1.54) is 35.6 Å². The number of rotatable bonds is 10. The van der Waals surface area contributed by atoms with Gasteiger partial charge in [0.15, 0.2) is 0 Å². The average Bonchev–Trinajstić information content (AvgIpc) is 3.69. The van der Waals surface area contributed by atoms with Gasteiger partial charge in [-0.2, -0.15) is 0 Å². The quantitative estimate of drug-likeness (QED) is 0.201. The summed E-state index contributed by atoms with van der Waals surface area (Å²) in [7, 11) is 0. The lowest BCUT2D eigenvalue weighted by Crippen LogP contribution is -2.15. The molecule has 0 aliphatic rings. The number of carbonyl (C=O) groups is 1. The van der Waals surface area contributed by atoms with Crippen molar-refractivity contribution in [2.45, 2.75) is 72.8 Å². The summed E-state index contributed by atoms with van der Waals surface area (Å²) in [6, 6.07) is 12.9. The van der Waals surface area contributed by atoms with Crippen LogP contribution in [0.4, 0.5) is 0 Å². The van der Waals surface area contributed by atoms with Crippen LogP contribution in [-0.2, 0) is 11.2 Å². The van der Waals surface area contributed by atoms with Gasteiger partial charge in [-0.15, -0.1) is 11.3 Å². The maximum absolute atomic E-state index is 11.5. The minimum Gasteiger partial charge on any atom is -0.460 e. The topological polar surface area (TPSA) is 63.8 Å². The SMILES string of the molecule is CC(C)C(=O)CCc1ccc(-c2cccs2)o1.CCCC(C)C(CC)n1ccc2cnc3[nH]ccc3c21. The lowest BCUT2D eigenvalue weighted by molar-refractivity contribution is -0.121. The molecule has 5 aromatic heterocycles. The minimum absolute atomic E-state index is 0.113. The number of fused-ring (bicyclic) bond motifs is 3. The summed E-state index contributed by atoms with van der Waals surface area (Å²) < 4.78 is 8.18. The van der Waals surface area contributed by atoms with E-state index >= 15 is 0 Å². The maximum Gasteiger partial charge on any atom is 0.144 e. The lowest BCUT2D eigenvalue weighted by Gasteiger charge is -2.25. The molecule has 0 aliphatic carbocycles. The number of H-pyrrole nitrogens is 1. The van der Waals surface area contributed by atoms with E-state index in [0.717, 1.165) is 22.0 Å². The number of thiophene rings is 1. The summed E-state index contributed by atoms with van der Waals surface area (Å²) in [5.41, 5.74) is 2.31. The number of furan rings is 1. The third kappa shape index (κ3) is 6.24. The molecule has 0 saturated carbocycles. The van der Waals surface area contributed by atoms with Crippen LogP contribution >= 0.6 is 11.3 Å². The van der Waals surface area contributed by atoms with E-state index in [9.17, 15) is 4.79 Å². The molecule has 0 amide bonds. The molecule has 37 heavy (non-hydrogen) atoms. The largest absolute Gasteiger partial charge is 0.460 e. The van der Waals surface area contributed by atoms with Crippen LogP contribution in [0.15, 0.2) is 64.8 Å². The van der Waals surface area contributed by atoms with Gasteiger partial charge in [0.05, 0.1) is 10.4 Å². The molecule has 1 N–H and O–H groups in total. The predicted octanol–water partition coefficient (Wildman–Crippen LogP) is 9.07. The molecular formula is C31H39N3O2S. The van der Waals surface area contributed by atoms with Crippen LogP contribution in [0.3, 0.4) is 0 Å². The van der Waals surface area contributed by atoms with E-state index in [0.29, 0.717) is 30.6 Å². The molecule has 0 fully saturated rings. The number of nitrogens with zero attached hydrogens (tertiary/aromatic N) is 2. The molecule has 5 heterocycles. The predicted molar refractivity (Wildman–Crippen MR) is 155 cm³/mol. The zero-order chi connectivity index (χ0) is 26.4. The first-order valence-corrected chi connectivity index (χ1v) is 14.4. The average molecular weight is 518 g/mol. The first-order chi connectivity index (χ1) is 17.9. The smallest absolute Gasteiger partial charge is 0.144 e. The highest BCUT2D eigenvalue weighted by Gasteiger charge is 2.19. The van der Waals surface area contributed by atoms with E-state index in [1.807, 2.05) is 55.9 Å². The van der Waals surface area contributed by atoms with Crippen molar-refractivity contribution in [3.05, 3.63) is 66.1 Å². The Morgan fingerprint density at radius 3 is 2.68 bits per heavy atom. The molecule has 2 unspecified atom stereocenters. The first kappa shape index (κ1) is 26.9. The number of pyridine rings is 1. The van der Waals surface area contributed by atoms with E-state index in [4.69, 9.17) is 4.42 Å². The Labute approximate surface area is 223 Å². The molecular weight excluding hydrogens is 478 g/mol. The van der Waals surface area contributed by atoms with Crippen molar-refractivity contribution in [1.29, 1.82) is 0 Å². The standard InChI is InChI=1S/C17H23N3.C14H16O2S/c1-4-6-12(3)15(5-2)20-10-8-13-11-19-17-14(16(13)20)7-9-18-17;1-10(2)12(15)7-5-11-6-8-13(16-11)14-4-3-9-17-14/h7-12,15H,4-6H2,1-3H3,(H,18,19);3-4,6,8-10H,5,7H2,1-2H3. The number of aromatic amines is 1. The van der Waals surface area contributed by atoms with Crippen LogP contribution < -0.4 is 0 Å². The summed E-state index contributed by atoms with van der Waals surface area (Å²) in [6.45, 7) is 10.8. The van der Waals surface area contributed by atoms with Gasteiger partial charge in [0.25, 0.3) is 0 Å². The fourth-order valence-electron chi connectivity index (χ4n) is 5.05. The first-order valence-electron chi connectivity index (χ1n) is 13.5. The molecule has 196 valence electrons. The van der Waals surface area contributed by atoms with Crippen LogP contribution in [0.5, 0.6) is 0 Å². The summed E-state index contributed by atoms with van der Waals surface area (Å²) in [6.07, 6.45) is 11.1. The Balaban J connectivity index is 0.000000176. The Kier molecular flexibility index (Phi) is 9.04. The third-order valence-corrected chi connectivity index (χ3v) is 8.01. The summed E-state index contributed by atoms with van der Waals surface area (Å²) in [5.74, 6) is 2.89. The molecule has 5 aromatic rings. The van der Waals surface area contributed by atoms with Gasteiger partial charge in [-0.1, -0.05) is 47.1 Å². The van der Waals surface area contributed by atoms with Gasteiger partial charge < -0.3 is 14.0 Å². The van der Waals surface area contributed by atoms with Crippen LogP contribution in [0.1, 0.15) is 72.1 Å². The molecule has 5 nitrogen and oxygen atoms in total.